The molecule has 0 N–H and O–H groups in total. The Balaban J connectivity index is 1.21. The number of benzene rings is 1. The maximum Gasteiger partial charge on any atom is 0.281 e. The van der Waals surface area contributed by atoms with Gasteiger partial charge in [0, 0.05) is 36.9 Å². The lowest BCUT2D eigenvalue weighted by atomic mass is 9.91. The summed E-state index contributed by atoms with van der Waals surface area (Å²) in [5.41, 5.74) is 1.48. The molecule has 36 heavy (non-hydrogen) atoms. The Morgan fingerprint density at radius 1 is 1.17 bits per heavy atom. The largest absolute Gasteiger partial charge is 0.292 e. The number of halogens is 3. The van der Waals surface area contributed by atoms with Gasteiger partial charge in [-0.2, -0.15) is 10.2 Å². The highest BCUT2D eigenvalue weighted by atomic mass is 32.1. The summed E-state index contributed by atoms with van der Waals surface area (Å²) in [6, 6.07) is 6.05. The van der Waals surface area contributed by atoms with Gasteiger partial charge in [0.05, 0.1) is 11.8 Å². The number of nitrogens with zero attached hydrogens (tertiary/aromatic N) is 6. The first kappa shape index (κ1) is 23.1. The predicted octanol–water partition coefficient (Wildman–Crippen LogP) is 5.59. The molecule has 1 aliphatic heterocycles. The van der Waals surface area contributed by atoms with Gasteiger partial charge in [-0.3, -0.25) is 9.48 Å². The van der Waals surface area contributed by atoms with Gasteiger partial charge in [-0.25, -0.2) is 27.8 Å². The zero-order valence-electron chi connectivity index (χ0n) is 19.5. The summed E-state index contributed by atoms with van der Waals surface area (Å²) in [5.74, 6) is 1.13. The van der Waals surface area contributed by atoms with Crippen LogP contribution in [0.3, 0.4) is 0 Å². The second kappa shape index (κ2) is 8.95. The first-order valence-electron chi connectivity index (χ1n) is 11.9. The lowest BCUT2D eigenvalue weighted by Crippen LogP contribution is -2.23. The molecular formula is C25H23F3N6OS. The van der Waals surface area contributed by atoms with Crippen molar-refractivity contribution in [3.8, 4) is 22.0 Å². The molecule has 1 saturated carbocycles. The minimum Gasteiger partial charge on any atom is -0.292 e. The SMILES string of the molecule is Cn1ncc(-c2nc(C(F)F)c(C3CC3)s2)c1C(=O)CC1CCn2nc(-c3ccc(F)cc3)nc2C1. The van der Waals surface area contributed by atoms with Crippen molar-refractivity contribution in [1.29, 1.82) is 0 Å². The summed E-state index contributed by atoms with van der Waals surface area (Å²) in [5, 5.41) is 9.22. The fourth-order valence-corrected chi connectivity index (χ4v) is 6.06. The molecule has 11 heteroatoms. The molecule has 1 atom stereocenters. The summed E-state index contributed by atoms with van der Waals surface area (Å²) in [6.45, 7) is 0.634. The molecule has 7 nitrogen and oxygen atoms in total. The van der Waals surface area contributed by atoms with Crippen LogP contribution in [0.15, 0.2) is 30.5 Å². The maximum atomic E-state index is 13.6. The Labute approximate surface area is 209 Å². The molecule has 0 bridgehead atoms. The van der Waals surface area contributed by atoms with Gasteiger partial charge in [0.25, 0.3) is 6.43 Å². The van der Waals surface area contributed by atoms with Crippen LogP contribution in [0.2, 0.25) is 0 Å². The molecule has 2 aliphatic rings. The van der Waals surface area contributed by atoms with Crippen LogP contribution < -0.4 is 0 Å². The topological polar surface area (TPSA) is 78.5 Å². The number of hydrogen-bond acceptors (Lipinski definition) is 6. The molecule has 0 radical (unpaired) electrons. The van der Waals surface area contributed by atoms with Gasteiger partial charge in [0.2, 0.25) is 0 Å². The third kappa shape index (κ3) is 4.25. The molecular weight excluding hydrogens is 489 g/mol. The van der Waals surface area contributed by atoms with E-state index < -0.39 is 6.43 Å². The molecule has 1 fully saturated rings. The van der Waals surface area contributed by atoms with E-state index in [0.717, 1.165) is 30.7 Å². The number of Topliss-reactive ketones (excluding diaryl/α,β-unsaturated/α-hetero) is 1. The van der Waals surface area contributed by atoms with E-state index in [4.69, 9.17) is 0 Å². The Morgan fingerprint density at radius 3 is 2.67 bits per heavy atom. The van der Waals surface area contributed by atoms with Gasteiger partial charge in [-0.1, -0.05) is 0 Å². The smallest absolute Gasteiger partial charge is 0.281 e. The fraction of sp³-hybridized carbons (Fsp3) is 0.400. The van der Waals surface area contributed by atoms with Crippen LogP contribution in [0, 0.1) is 11.7 Å². The van der Waals surface area contributed by atoms with Crippen molar-refractivity contribution in [2.24, 2.45) is 13.0 Å². The van der Waals surface area contributed by atoms with Crippen molar-refractivity contribution in [2.75, 3.05) is 0 Å². The number of ketones is 1. The number of aromatic nitrogens is 6. The molecule has 0 amide bonds. The van der Waals surface area contributed by atoms with Crippen molar-refractivity contribution in [2.45, 2.75) is 51.0 Å². The first-order valence-corrected chi connectivity index (χ1v) is 12.7. The van der Waals surface area contributed by atoms with Crippen LogP contribution in [0.25, 0.3) is 22.0 Å². The molecule has 4 heterocycles. The molecule has 1 unspecified atom stereocenters. The molecule has 0 spiro atoms. The summed E-state index contributed by atoms with van der Waals surface area (Å²) in [7, 11) is 1.69. The highest BCUT2D eigenvalue weighted by molar-refractivity contribution is 7.15. The second-order valence-electron chi connectivity index (χ2n) is 9.44. The van der Waals surface area contributed by atoms with Crippen molar-refractivity contribution in [3.05, 3.63) is 58.4 Å². The van der Waals surface area contributed by atoms with E-state index >= 15 is 0 Å². The number of alkyl halides is 2. The van der Waals surface area contributed by atoms with Gasteiger partial charge in [-0.15, -0.1) is 11.3 Å². The number of thiazole rings is 1. The highest BCUT2D eigenvalue weighted by Gasteiger charge is 2.34. The van der Waals surface area contributed by atoms with Gasteiger partial charge in [-0.05, 0) is 55.4 Å². The zero-order chi connectivity index (χ0) is 25.0. The molecule has 186 valence electrons. The van der Waals surface area contributed by atoms with Crippen molar-refractivity contribution in [1.82, 2.24) is 29.5 Å². The van der Waals surface area contributed by atoms with Crippen LogP contribution >= 0.6 is 11.3 Å². The first-order chi connectivity index (χ1) is 17.4. The number of rotatable bonds is 7. The minimum atomic E-state index is -2.64. The predicted molar refractivity (Wildman–Crippen MR) is 127 cm³/mol. The van der Waals surface area contributed by atoms with Crippen molar-refractivity contribution >= 4 is 17.1 Å². The minimum absolute atomic E-state index is 0.0629. The quantitative estimate of drug-likeness (QED) is 0.302. The molecule has 0 saturated heterocycles. The highest BCUT2D eigenvalue weighted by Crippen LogP contribution is 2.48. The molecule has 1 aliphatic carbocycles. The standard InChI is InChI=1S/C25H23F3N6OS/c1-33-21(17(12-29-33)25-31-20(23(27)28)22(36-25)14-2-3-14)18(35)10-13-8-9-34-19(11-13)30-24(32-34)15-4-6-16(26)7-5-15/h4-7,12-14,23H,2-3,8-11H2,1H3. The summed E-state index contributed by atoms with van der Waals surface area (Å²) in [4.78, 5) is 22.9. The van der Waals surface area contributed by atoms with Crippen molar-refractivity contribution < 1.29 is 18.0 Å². The Bertz CT molecular complexity index is 1420. The average Bonchev–Trinajstić information content (AvgIpc) is 3.27. The van der Waals surface area contributed by atoms with E-state index in [9.17, 15) is 18.0 Å². The number of carbonyl (C=O) groups excluding carboxylic acids is 1. The lowest BCUT2D eigenvalue weighted by molar-refractivity contribution is 0.0944. The molecule has 4 aromatic rings. The second-order valence-corrected chi connectivity index (χ2v) is 10.5. The zero-order valence-corrected chi connectivity index (χ0v) is 20.3. The third-order valence-corrected chi connectivity index (χ3v) is 8.08. The van der Waals surface area contributed by atoms with Crippen LogP contribution in [0.4, 0.5) is 13.2 Å². The fourth-order valence-electron chi connectivity index (χ4n) is 4.80. The van der Waals surface area contributed by atoms with Crippen LogP contribution in [0.5, 0.6) is 0 Å². The monoisotopic (exact) mass is 512 g/mol. The van der Waals surface area contributed by atoms with E-state index in [-0.39, 0.29) is 35.6 Å². The van der Waals surface area contributed by atoms with Gasteiger partial charge in [0.1, 0.15) is 28.0 Å². The normalized spacial score (nSPS) is 17.5. The number of aryl methyl sites for hydroxylation is 2. The van der Waals surface area contributed by atoms with E-state index in [0.29, 0.717) is 39.9 Å². The maximum absolute atomic E-state index is 13.6. The van der Waals surface area contributed by atoms with Crippen LogP contribution in [-0.2, 0) is 20.0 Å². The third-order valence-electron chi connectivity index (χ3n) is 6.81. The summed E-state index contributed by atoms with van der Waals surface area (Å²) < 4.78 is 43.8. The van der Waals surface area contributed by atoms with Crippen LogP contribution in [-0.4, -0.2) is 35.3 Å². The Hall–Kier alpha value is -3.34. The number of hydrogen-bond donors (Lipinski definition) is 0. The lowest BCUT2D eigenvalue weighted by Gasteiger charge is -2.21. The van der Waals surface area contributed by atoms with E-state index in [2.05, 4.69) is 20.2 Å². The Kier molecular flexibility index (Phi) is 5.74. The number of fused-ring (bicyclic) bond motifs is 1. The number of carbonyl (C=O) groups is 1. The summed E-state index contributed by atoms with van der Waals surface area (Å²) >= 11 is 1.25. The van der Waals surface area contributed by atoms with Gasteiger partial charge in [0.15, 0.2) is 11.6 Å². The van der Waals surface area contributed by atoms with E-state index in [1.807, 2.05) is 4.68 Å². The van der Waals surface area contributed by atoms with Gasteiger partial charge < -0.3 is 0 Å². The molecule has 3 aromatic heterocycles. The van der Waals surface area contributed by atoms with E-state index in [1.54, 1.807) is 25.4 Å². The summed E-state index contributed by atoms with van der Waals surface area (Å²) in [6.07, 6.45) is 2.34. The van der Waals surface area contributed by atoms with Crippen molar-refractivity contribution in [3.63, 3.8) is 0 Å². The van der Waals surface area contributed by atoms with E-state index in [1.165, 1.54) is 28.2 Å². The van der Waals surface area contributed by atoms with Crippen LogP contribution in [0.1, 0.15) is 64.9 Å². The Morgan fingerprint density at radius 2 is 1.94 bits per heavy atom. The molecule has 1 aromatic carbocycles. The molecule has 6 rings (SSSR count). The average molecular weight is 513 g/mol. The van der Waals surface area contributed by atoms with Gasteiger partial charge >= 0.3 is 0 Å².